The van der Waals surface area contributed by atoms with Crippen LogP contribution >= 0.6 is 0 Å². The Morgan fingerprint density at radius 2 is 1.41 bits per heavy atom. The Bertz CT molecular complexity index is 828. The Labute approximate surface area is 225 Å². The molecule has 1 amide bonds. The van der Waals surface area contributed by atoms with Crippen LogP contribution < -0.4 is 10.6 Å². The van der Waals surface area contributed by atoms with Crippen LogP contribution in [0.1, 0.15) is 63.9 Å². The van der Waals surface area contributed by atoms with Gasteiger partial charge >= 0.3 is 0 Å². The van der Waals surface area contributed by atoms with Crippen molar-refractivity contribution in [3.63, 3.8) is 0 Å². The minimum absolute atomic E-state index is 0.0120. The maximum atomic E-state index is 12.5. The molecule has 0 aliphatic rings. The maximum absolute atomic E-state index is 12.5. The van der Waals surface area contributed by atoms with E-state index in [-0.39, 0.29) is 18.2 Å². The van der Waals surface area contributed by atoms with E-state index < -0.39 is 0 Å². The van der Waals surface area contributed by atoms with Gasteiger partial charge in [0.15, 0.2) is 0 Å². The van der Waals surface area contributed by atoms with Crippen molar-refractivity contribution >= 4 is 5.91 Å². The van der Waals surface area contributed by atoms with Gasteiger partial charge in [-0.05, 0) is 50.5 Å². The van der Waals surface area contributed by atoms with Crippen molar-refractivity contribution in [3.05, 3.63) is 96.7 Å². The second-order valence-electron chi connectivity index (χ2n) is 8.75. The minimum atomic E-state index is -0.338. The van der Waals surface area contributed by atoms with Gasteiger partial charge in [-0.15, -0.1) is 0 Å². The summed E-state index contributed by atoms with van der Waals surface area (Å²) in [5.41, 5.74) is 1.16. The quantitative estimate of drug-likeness (QED) is 0.109. The highest BCUT2D eigenvalue weighted by molar-refractivity contribution is 5.76. The molecule has 1 aromatic carbocycles. The molecule has 5 nitrogen and oxygen atoms in total. The maximum Gasteiger partial charge on any atom is 0.220 e. The summed E-state index contributed by atoms with van der Waals surface area (Å²) < 4.78 is 10.9. The summed E-state index contributed by atoms with van der Waals surface area (Å²) in [7, 11) is 3.27. The smallest absolute Gasteiger partial charge is 0.220 e. The molecule has 204 valence electrons. The molecule has 0 heterocycles. The summed E-state index contributed by atoms with van der Waals surface area (Å²) in [5.74, 6) is 0.0120. The van der Waals surface area contributed by atoms with E-state index in [2.05, 4.69) is 90.5 Å². The van der Waals surface area contributed by atoms with E-state index in [1.165, 1.54) is 0 Å². The predicted octanol–water partition coefficient (Wildman–Crippen LogP) is 6.80. The summed E-state index contributed by atoms with van der Waals surface area (Å²) in [4.78, 5) is 12.5. The van der Waals surface area contributed by atoms with E-state index in [1.807, 2.05) is 18.2 Å². The molecule has 0 radical (unpaired) electrons. The van der Waals surface area contributed by atoms with Crippen molar-refractivity contribution in [1.82, 2.24) is 10.6 Å². The van der Waals surface area contributed by atoms with Gasteiger partial charge in [-0.25, -0.2) is 0 Å². The van der Waals surface area contributed by atoms with E-state index in [0.717, 1.165) is 50.5 Å². The van der Waals surface area contributed by atoms with E-state index in [1.54, 1.807) is 14.2 Å². The van der Waals surface area contributed by atoms with Crippen molar-refractivity contribution in [2.45, 2.75) is 77.1 Å². The van der Waals surface area contributed by atoms with Gasteiger partial charge in [0.2, 0.25) is 5.91 Å². The second kappa shape index (κ2) is 23.7. The van der Waals surface area contributed by atoms with Crippen LogP contribution in [0.25, 0.3) is 0 Å². The molecular formula is C32H48N2O3. The Balaban J connectivity index is 2.20. The SMILES string of the molecule is CCC=CCC=CCC=CCC=CCC=CCCCC(=O)NC(COC)C(NCc1ccccc1)OC. The van der Waals surface area contributed by atoms with Crippen LogP contribution in [0.5, 0.6) is 0 Å². The molecule has 37 heavy (non-hydrogen) atoms. The number of nitrogens with one attached hydrogen (secondary N) is 2. The largest absolute Gasteiger partial charge is 0.382 e. The van der Waals surface area contributed by atoms with Crippen LogP contribution in [0, 0.1) is 0 Å². The van der Waals surface area contributed by atoms with Crippen molar-refractivity contribution in [2.75, 3.05) is 20.8 Å². The van der Waals surface area contributed by atoms with Gasteiger partial charge in [-0.3, -0.25) is 10.1 Å². The highest BCUT2D eigenvalue weighted by Gasteiger charge is 2.22. The molecule has 0 saturated heterocycles. The fraction of sp³-hybridized carbons (Fsp3) is 0.469. The van der Waals surface area contributed by atoms with Gasteiger partial charge in [0.25, 0.3) is 0 Å². The molecule has 2 atom stereocenters. The zero-order valence-corrected chi connectivity index (χ0v) is 23.1. The molecule has 0 spiro atoms. The third kappa shape index (κ3) is 18.2. The highest BCUT2D eigenvalue weighted by Crippen LogP contribution is 2.04. The lowest BCUT2D eigenvalue weighted by atomic mass is 10.1. The summed E-state index contributed by atoms with van der Waals surface area (Å²) in [5, 5.41) is 6.42. The van der Waals surface area contributed by atoms with Crippen LogP contribution in [0.4, 0.5) is 0 Å². The third-order valence-electron chi connectivity index (χ3n) is 5.59. The van der Waals surface area contributed by atoms with Gasteiger partial charge in [-0.1, -0.05) is 98.0 Å². The van der Waals surface area contributed by atoms with E-state index >= 15 is 0 Å². The van der Waals surface area contributed by atoms with Crippen LogP contribution in [-0.4, -0.2) is 39.0 Å². The molecule has 5 heteroatoms. The summed E-state index contributed by atoms with van der Waals surface area (Å²) in [6.45, 7) is 3.18. The fourth-order valence-electron chi connectivity index (χ4n) is 3.62. The van der Waals surface area contributed by atoms with Crippen LogP contribution in [-0.2, 0) is 20.8 Å². The van der Waals surface area contributed by atoms with Crippen molar-refractivity contribution in [3.8, 4) is 0 Å². The molecule has 2 unspecified atom stereocenters. The Morgan fingerprint density at radius 3 is 1.95 bits per heavy atom. The lowest BCUT2D eigenvalue weighted by Crippen LogP contribution is -2.53. The van der Waals surface area contributed by atoms with Crippen molar-refractivity contribution < 1.29 is 14.3 Å². The Kier molecular flexibility index (Phi) is 20.7. The summed E-state index contributed by atoms with van der Waals surface area (Å²) in [6.07, 6.45) is 28.7. The number of unbranched alkanes of at least 4 members (excludes halogenated alkanes) is 1. The topological polar surface area (TPSA) is 59.6 Å². The standard InChI is InChI=1S/C32H48N2O3/c1-4-5-6-7-8-9-10-11-12-13-14-15-16-17-18-19-23-26-31(35)34-30(28-36-2)32(37-3)33-27-29-24-21-20-22-25-29/h5-6,8-9,11-12,14-15,17-18,20-22,24-25,30,32-33H,4,7,10,13,16,19,23,26-28H2,1-3H3,(H,34,35). The Morgan fingerprint density at radius 1 is 0.838 bits per heavy atom. The third-order valence-corrected chi connectivity index (χ3v) is 5.59. The molecule has 0 saturated carbocycles. The number of carbonyl (C=O) groups is 1. The number of hydrogen-bond donors (Lipinski definition) is 2. The second-order valence-corrected chi connectivity index (χ2v) is 8.75. The number of amides is 1. The van der Waals surface area contributed by atoms with Gasteiger partial charge in [0.1, 0.15) is 6.23 Å². The fourth-order valence-corrected chi connectivity index (χ4v) is 3.62. The van der Waals surface area contributed by atoms with Gasteiger partial charge in [-0.2, -0.15) is 0 Å². The molecule has 0 fully saturated rings. The number of rotatable bonds is 21. The highest BCUT2D eigenvalue weighted by atomic mass is 16.5. The van der Waals surface area contributed by atoms with Crippen LogP contribution in [0.15, 0.2) is 91.1 Å². The van der Waals surface area contributed by atoms with Gasteiger partial charge in [0.05, 0.1) is 12.6 Å². The molecule has 0 aromatic heterocycles. The van der Waals surface area contributed by atoms with Crippen LogP contribution in [0.3, 0.4) is 0 Å². The van der Waals surface area contributed by atoms with E-state index in [9.17, 15) is 4.79 Å². The first kappa shape index (κ1) is 32.3. The molecule has 0 bridgehead atoms. The molecule has 2 N–H and O–H groups in total. The minimum Gasteiger partial charge on any atom is -0.382 e. The number of benzene rings is 1. The first-order chi connectivity index (χ1) is 18.2. The Hall–Kier alpha value is -2.73. The van der Waals surface area contributed by atoms with E-state index in [4.69, 9.17) is 9.47 Å². The number of ether oxygens (including phenoxy) is 2. The van der Waals surface area contributed by atoms with Crippen LogP contribution in [0.2, 0.25) is 0 Å². The van der Waals surface area contributed by atoms with Crippen molar-refractivity contribution in [2.24, 2.45) is 0 Å². The number of carbonyl (C=O) groups excluding carboxylic acids is 1. The number of allylic oxidation sites excluding steroid dienone is 10. The first-order valence-corrected chi connectivity index (χ1v) is 13.5. The average molecular weight is 509 g/mol. The predicted molar refractivity (Wildman–Crippen MR) is 156 cm³/mol. The van der Waals surface area contributed by atoms with Gasteiger partial charge < -0.3 is 14.8 Å². The molecule has 0 aliphatic carbocycles. The monoisotopic (exact) mass is 508 g/mol. The lowest BCUT2D eigenvalue weighted by molar-refractivity contribution is -0.124. The first-order valence-electron chi connectivity index (χ1n) is 13.5. The zero-order chi connectivity index (χ0) is 26.8. The molecule has 1 rings (SSSR count). The number of methoxy groups -OCH3 is 2. The van der Waals surface area contributed by atoms with Gasteiger partial charge in [0, 0.05) is 27.2 Å². The number of hydrogen-bond acceptors (Lipinski definition) is 4. The lowest BCUT2D eigenvalue weighted by Gasteiger charge is -2.27. The zero-order valence-electron chi connectivity index (χ0n) is 23.1. The average Bonchev–Trinajstić information content (AvgIpc) is 2.91. The summed E-state index contributed by atoms with van der Waals surface area (Å²) >= 11 is 0. The molecular weight excluding hydrogens is 460 g/mol. The van der Waals surface area contributed by atoms with E-state index in [0.29, 0.717) is 19.6 Å². The van der Waals surface area contributed by atoms with Crippen molar-refractivity contribution in [1.29, 1.82) is 0 Å². The molecule has 0 aliphatic heterocycles. The molecule has 1 aromatic rings. The normalized spacial score (nSPS) is 14.0. The summed E-state index contributed by atoms with van der Waals surface area (Å²) in [6, 6.07) is 9.84.